The molecule has 0 aliphatic carbocycles. The van der Waals surface area contributed by atoms with Crippen molar-refractivity contribution in [1.29, 1.82) is 5.41 Å². The molecule has 8 heavy (non-hydrogen) atoms. The number of unbranched alkanes of at least 4 members (excludes halogenated alkanes) is 3. The number of hydrogen-bond donors (Lipinski definition) is 1. The van der Waals surface area contributed by atoms with E-state index in [1.54, 1.807) is 0 Å². The molecule has 1 N–H and O–H groups in total. The SMILES string of the molecule is CCCCCC=N.[Co+3]. The molecule has 2 heteroatoms. The van der Waals surface area contributed by atoms with Gasteiger partial charge >= 0.3 is 16.8 Å². The maximum atomic E-state index is 6.66. The van der Waals surface area contributed by atoms with E-state index in [1.165, 1.54) is 25.5 Å². The Morgan fingerprint density at radius 2 is 2.00 bits per heavy atom. The molecule has 48 valence electrons. The van der Waals surface area contributed by atoms with Crippen LogP contribution in [-0.2, 0) is 16.8 Å². The Morgan fingerprint density at radius 3 is 2.38 bits per heavy atom. The van der Waals surface area contributed by atoms with Gasteiger partial charge in [0.1, 0.15) is 0 Å². The molecule has 0 aromatic carbocycles. The van der Waals surface area contributed by atoms with E-state index in [2.05, 4.69) is 6.92 Å². The zero-order valence-electron chi connectivity index (χ0n) is 5.24. The van der Waals surface area contributed by atoms with Gasteiger partial charge in [-0.25, -0.2) is 0 Å². The van der Waals surface area contributed by atoms with E-state index in [4.69, 9.17) is 5.41 Å². The van der Waals surface area contributed by atoms with E-state index in [-0.39, 0.29) is 16.8 Å². The van der Waals surface area contributed by atoms with Crippen LogP contribution in [0.4, 0.5) is 0 Å². The summed E-state index contributed by atoms with van der Waals surface area (Å²) < 4.78 is 0. The van der Waals surface area contributed by atoms with Gasteiger partial charge in [0.05, 0.1) is 0 Å². The van der Waals surface area contributed by atoms with Crippen molar-refractivity contribution < 1.29 is 16.8 Å². The third-order valence-electron chi connectivity index (χ3n) is 0.952. The molecular weight excluding hydrogens is 145 g/mol. The Kier molecular flexibility index (Phi) is 14.1. The third-order valence-corrected chi connectivity index (χ3v) is 0.952. The first-order valence-electron chi connectivity index (χ1n) is 2.90. The first kappa shape index (κ1) is 11.0. The molecule has 0 saturated carbocycles. The summed E-state index contributed by atoms with van der Waals surface area (Å²) in [6.45, 7) is 2.17. The van der Waals surface area contributed by atoms with Crippen molar-refractivity contribution in [3.63, 3.8) is 0 Å². The maximum Gasteiger partial charge on any atom is 3.00 e. The summed E-state index contributed by atoms with van der Waals surface area (Å²) in [7, 11) is 0. The zero-order chi connectivity index (χ0) is 5.54. The van der Waals surface area contributed by atoms with Crippen LogP contribution in [-0.4, -0.2) is 6.21 Å². The minimum absolute atomic E-state index is 0. The van der Waals surface area contributed by atoms with Crippen LogP contribution in [0.3, 0.4) is 0 Å². The standard InChI is InChI=1S/C6H13N.Co/c1-2-3-4-5-6-7;/h6-7H,2-5H2,1H3;/q;+3. The van der Waals surface area contributed by atoms with E-state index in [0.717, 1.165) is 6.42 Å². The van der Waals surface area contributed by atoms with Crippen molar-refractivity contribution >= 4 is 6.21 Å². The van der Waals surface area contributed by atoms with E-state index in [1.807, 2.05) is 0 Å². The van der Waals surface area contributed by atoms with Crippen molar-refractivity contribution in [2.75, 3.05) is 0 Å². The molecule has 0 bridgehead atoms. The van der Waals surface area contributed by atoms with Crippen molar-refractivity contribution in [2.45, 2.75) is 32.6 Å². The van der Waals surface area contributed by atoms with E-state index < -0.39 is 0 Å². The number of rotatable bonds is 4. The first-order chi connectivity index (χ1) is 3.41. The molecule has 0 heterocycles. The molecule has 0 aliphatic heterocycles. The Bertz CT molecular complexity index is 45.8. The molecule has 0 radical (unpaired) electrons. The van der Waals surface area contributed by atoms with Gasteiger partial charge in [-0.15, -0.1) is 0 Å². The second kappa shape index (κ2) is 10.2. The zero-order valence-corrected chi connectivity index (χ0v) is 6.28. The Balaban J connectivity index is 0. The van der Waals surface area contributed by atoms with Gasteiger partial charge in [-0.1, -0.05) is 19.8 Å². The molecule has 0 aliphatic rings. The maximum absolute atomic E-state index is 6.66. The number of hydrogen-bond acceptors (Lipinski definition) is 1. The van der Waals surface area contributed by atoms with Gasteiger partial charge < -0.3 is 5.41 Å². The van der Waals surface area contributed by atoms with Gasteiger partial charge in [0.25, 0.3) is 0 Å². The van der Waals surface area contributed by atoms with Gasteiger partial charge in [-0.05, 0) is 19.1 Å². The van der Waals surface area contributed by atoms with Crippen molar-refractivity contribution in [3.8, 4) is 0 Å². The Hall–Kier alpha value is 0.176. The topological polar surface area (TPSA) is 23.9 Å². The van der Waals surface area contributed by atoms with E-state index in [9.17, 15) is 0 Å². The molecule has 0 amide bonds. The van der Waals surface area contributed by atoms with Crippen molar-refractivity contribution in [2.24, 2.45) is 0 Å². The average Bonchev–Trinajstić information content (AvgIpc) is 1.69. The molecule has 0 aromatic rings. The molecule has 0 aromatic heterocycles. The van der Waals surface area contributed by atoms with Crippen LogP contribution in [0.25, 0.3) is 0 Å². The van der Waals surface area contributed by atoms with Crippen LogP contribution >= 0.6 is 0 Å². The van der Waals surface area contributed by atoms with Crippen LogP contribution in [0.1, 0.15) is 32.6 Å². The quantitative estimate of drug-likeness (QED) is 0.479. The smallest absolute Gasteiger partial charge is 0.313 e. The van der Waals surface area contributed by atoms with E-state index >= 15 is 0 Å². The summed E-state index contributed by atoms with van der Waals surface area (Å²) in [4.78, 5) is 0. The summed E-state index contributed by atoms with van der Waals surface area (Å²) >= 11 is 0. The first-order valence-corrected chi connectivity index (χ1v) is 2.90. The number of nitrogens with one attached hydrogen (secondary N) is 1. The Labute approximate surface area is 61.6 Å². The van der Waals surface area contributed by atoms with Gasteiger partial charge in [0.2, 0.25) is 0 Å². The fraction of sp³-hybridized carbons (Fsp3) is 0.833. The molecule has 0 saturated heterocycles. The van der Waals surface area contributed by atoms with Crippen molar-refractivity contribution in [1.82, 2.24) is 0 Å². The third kappa shape index (κ3) is 9.49. The van der Waals surface area contributed by atoms with Gasteiger partial charge in [0, 0.05) is 0 Å². The van der Waals surface area contributed by atoms with E-state index in [0.29, 0.717) is 0 Å². The summed E-state index contributed by atoms with van der Waals surface area (Å²) in [5.41, 5.74) is 0. The fourth-order valence-electron chi connectivity index (χ4n) is 0.496. The predicted molar refractivity (Wildman–Crippen MR) is 32.9 cm³/mol. The molecule has 0 atom stereocenters. The summed E-state index contributed by atoms with van der Waals surface area (Å²) in [6.07, 6.45) is 6.17. The average molecular weight is 158 g/mol. The second-order valence-electron chi connectivity index (χ2n) is 1.70. The fourth-order valence-corrected chi connectivity index (χ4v) is 0.496. The van der Waals surface area contributed by atoms with Crippen LogP contribution in [0.5, 0.6) is 0 Å². The largest absolute Gasteiger partial charge is 3.00 e. The summed E-state index contributed by atoms with van der Waals surface area (Å²) in [5.74, 6) is 0. The molecular formula is C6H13CoN+3. The molecule has 0 unspecified atom stereocenters. The van der Waals surface area contributed by atoms with Crippen LogP contribution < -0.4 is 0 Å². The molecule has 0 spiro atoms. The Morgan fingerprint density at radius 1 is 1.38 bits per heavy atom. The van der Waals surface area contributed by atoms with Gasteiger partial charge in [-0.2, -0.15) is 0 Å². The van der Waals surface area contributed by atoms with Gasteiger partial charge in [-0.3, -0.25) is 0 Å². The molecule has 1 nitrogen and oxygen atoms in total. The van der Waals surface area contributed by atoms with Crippen LogP contribution in [0.2, 0.25) is 0 Å². The summed E-state index contributed by atoms with van der Waals surface area (Å²) in [6, 6.07) is 0. The normalized spacial score (nSPS) is 7.62. The van der Waals surface area contributed by atoms with Gasteiger partial charge in [0.15, 0.2) is 0 Å². The van der Waals surface area contributed by atoms with Crippen LogP contribution in [0.15, 0.2) is 0 Å². The van der Waals surface area contributed by atoms with Crippen LogP contribution in [0, 0.1) is 5.41 Å². The monoisotopic (exact) mass is 158 g/mol. The van der Waals surface area contributed by atoms with Crippen molar-refractivity contribution in [3.05, 3.63) is 0 Å². The molecule has 0 fully saturated rings. The second-order valence-corrected chi connectivity index (χ2v) is 1.70. The summed E-state index contributed by atoms with van der Waals surface area (Å²) in [5, 5.41) is 6.66. The molecule has 0 rings (SSSR count). The predicted octanol–water partition coefficient (Wildman–Crippen LogP) is 2.21. The minimum atomic E-state index is 0. The minimum Gasteiger partial charge on any atom is -0.313 e.